The molecule has 0 spiro atoms. The van der Waals surface area contributed by atoms with Crippen molar-refractivity contribution in [3.8, 4) is 5.88 Å². The zero-order valence-electron chi connectivity index (χ0n) is 8.65. The zero-order valence-corrected chi connectivity index (χ0v) is 8.65. The van der Waals surface area contributed by atoms with Gasteiger partial charge in [0.05, 0.1) is 13.0 Å². The molecule has 0 aliphatic carbocycles. The van der Waals surface area contributed by atoms with Gasteiger partial charge in [0.1, 0.15) is 11.6 Å². The van der Waals surface area contributed by atoms with Crippen LogP contribution in [-0.2, 0) is 4.79 Å². The third-order valence-corrected chi connectivity index (χ3v) is 2.07. The van der Waals surface area contributed by atoms with E-state index in [0.29, 0.717) is 18.1 Å². The minimum atomic E-state index is -0.218. The van der Waals surface area contributed by atoms with Gasteiger partial charge in [-0.2, -0.15) is 4.98 Å². The van der Waals surface area contributed by atoms with E-state index < -0.39 is 0 Å². The normalized spacial score (nSPS) is 12.2. The molecule has 1 aromatic rings. The summed E-state index contributed by atoms with van der Waals surface area (Å²) in [5.41, 5.74) is 0. The van der Waals surface area contributed by atoms with E-state index in [1.54, 1.807) is 26.3 Å². The summed E-state index contributed by atoms with van der Waals surface area (Å²) in [6.45, 7) is 3.49. The van der Waals surface area contributed by atoms with Crippen molar-refractivity contribution in [2.24, 2.45) is 0 Å². The van der Waals surface area contributed by atoms with Crippen LogP contribution in [0, 0.1) is 0 Å². The first-order chi connectivity index (χ1) is 6.69. The molecule has 1 atom stereocenters. The Morgan fingerprint density at radius 1 is 1.64 bits per heavy atom. The Morgan fingerprint density at radius 2 is 2.36 bits per heavy atom. The molecular formula is C10H14N2O2. The standard InChI is InChI=1S/C10H14N2O2/c1-4-8(7(2)13)10-11-6-5-9(12-10)14-3/h5-6,8H,4H2,1-3H3. The number of hydrogen-bond donors (Lipinski definition) is 0. The maximum absolute atomic E-state index is 11.3. The van der Waals surface area contributed by atoms with E-state index in [2.05, 4.69) is 9.97 Å². The number of aromatic nitrogens is 2. The molecule has 1 aromatic heterocycles. The van der Waals surface area contributed by atoms with Crippen molar-refractivity contribution >= 4 is 5.78 Å². The first kappa shape index (κ1) is 10.6. The van der Waals surface area contributed by atoms with Gasteiger partial charge in [-0.1, -0.05) is 6.92 Å². The van der Waals surface area contributed by atoms with E-state index in [9.17, 15) is 4.79 Å². The molecule has 4 nitrogen and oxygen atoms in total. The third-order valence-electron chi connectivity index (χ3n) is 2.07. The van der Waals surface area contributed by atoms with Crippen LogP contribution < -0.4 is 4.74 Å². The molecule has 1 unspecified atom stereocenters. The van der Waals surface area contributed by atoms with E-state index in [-0.39, 0.29) is 11.7 Å². The average Bonchev–Trinajstić information content (AvgIpc) is 2.19. The molecule has 0 amide bonds. The van der Waals surface area contributed by atoms with Crippen molar-refractivity contribution in [3.05, 3.63) is 18.1 Å². The number of Topliss-reactive ketones (excluding diaryl/α,β-unsaturated/α-hetero) is 1. The van der Waals surface area contributed by atoms with Crippen molar-refractivity contribution in [2.75, 3.05) is 7.11 Å². The van der Waals surface area contributed by atoms with E-state index in [4.69, 9.17) is 4.74 Å². The van der Waals surface area contributed by atoms with Crippen LogP contribution in [0.15, 0.2) is 12.3 Å². The van der Waals surface area contributed by atoms with Crippen LogP contribution in [0.4, 0.5) is 0 Å². The van der Waals surface area contributed by atoms with Gasteiger partial charge in [0.25, 0.3) is 0 Å². The predicted octanol–water partition coefficient (Wildman–Crippen LogP) is 1.57. The smallest absolute Gasteiger partial charge is 0.216 e. The summed E-state index contributed by atoms with van der Waals surface area (Å²) < 4.78 is 4.97. The second kappa shape index (κ2) is 4.69. The van der Waals surface area contributed by atoms with E-state index >= 15 is 0 Å². The monoisotopic (exact) mass is 194 g/mol. The lowest BCUT2D eigenvalue weighted by Gasteiger charge is -2.09. The Morgan fingerprint density at radius 3 is 2.86 bits per heavy atom. The van der Waals surface area contributed by atoms with Crippen molar-refractivity contribution in [1.82, 2.24) is 9.97 Å². The summed E-state index contributed by atoms with van der Waals surface area (Å²) in [5, 5.41) is 0. The average molecular weight is 194 g/mol. The molecule has 0 aliphatic heterocycles. The molecule has 76 valence electrons. The Labute approximate surface area is 83.3 Å². The lowest BCUT2D eigenvalue weighted by Crippen LogP contribution is -2.11. The minimum absolute atomic E-state index is 0.0840. The molecule has 0 N–H and O–H groups in total. The highest BCUT2D eigenvalue weighted by Crippen LogP contribution is 2.18. The molecule has 0 saturated heterocycles. The molecule has 0 fully saturated rings. The maximum Gasteiger partial charge on any atom is 0.216 e. The molecule has 0 aromatic carbocycles. The highest BCUT2D eigenvalue weighted by Gasteiger charge is 2.17. The molecule has 0 bridgehead atoms. The Hall–Kier alpha value is -1.45. The summed E-state index contributed by atoms with van der Waals surface area (Å²) in [6.07, 6.45) is 2.31. The largest absolute Gasteiger partial charge is 0.481 e. The van der Waals surface area contributed by atoms with Crippen molar-refractivity contribution in [1.29, 1.82) is 0 Å². The molecule has 1 heterocycles. The van der Waals surface area contributed by atoms with Gasteiger partial charge in [-0.15, -0.1) is 0 Å². The topological polar surface area (TPSA) is 52.1 Å². The van der Waals surface area contributed by atoms with E-state index in [1.807, 2.05) is 6.92 Å². The number of methoxy groups -OCH3 is 1. The molecule has 0 saturated carbocycles. The fraction of sp³-hybridized carbons (Fsp3) is 0.500. The summed E-state index contributed by atoms with van der Waals surface area (Å²) in [4.78, 5) is 19.5. The molecule has 0 aliphatic rings. The van der Waals surface area contributed by atoms with Crippen LogP contribution in [0.2, 0.25) is 0 Å². The SMILES string of the molecule is CCC(C(C)=O)c1nccc(OC)n1. The molecule has 14 heavy (non-hydrogen) atoms. The van der Waals surface area contributed by atoms with Crippen molar-refractivity contribution in [2.45, 2.75) is 26.2 Å². The third kappa shape index (κ3) is 2.28. The minimum Gasteiger partial charge on any atom is -0.481 e. The quantitative estimate of drug-likeness (QED) is 0.730. The number of ether oxygens (including phenoxy) is 1. The summed E-state index contributed by atoms with van der Waals surface area (Å²) in [5.74, 6) is 0.903. The van der Waals surface area contributed by atoms with Crippen LogP contribution in [0.25, 0.3) is 0 Å². The second-order valence-electron chi connectivity index (χ2n) is 3.03. The predicted molar refractivity (Wildman–Crippen MR) is 52.3 cm³/mol. The van der Waals surface area contributed by atoms with Gasteiger partial charge in [0, 0.05) is 12.3 Å². The van der Waals surface area contributed by atoms with Gasteiger partial charge in [0.2, 0.25) is 5.88 Å². The van der Waals surface area contributed by atoms with E-state index in [1.165, 1.54) is 0 Å². The van der Waals surface area contributed by atoms with Crippen LogP contribution in [-0.4, -0.2) is 22.9 Å². The molecular weight excluding hydrogens is 180 g/mol. The Balaban J connectivity index is 2.98. The number of hydrogen-bond acceptors (Lipinski definition) is 4. The van der Waals surface area contributed by atoms with Crippen LogP contribution in [0.1, 0.15) is 32.0 Å². The number of carbonyl (C=O) groups excluding carboxylic acids is 1. The van der Waals surface area contributed by atoms with Crippen molar-refractivity contribution < 1.29 is 9.53 Å². The van der Waals surface area contributed by atoms with Gasteiger partial charge < -0.3 is 4.74 Å². The van der Waals surface area contributed by atoms with Crippen LogP contribution >= 0.6 is 0 Å². The lowest BCUT2D eigenvalue weighted by atomic mass is 10.0. The number of rotatable bonds is 4. The Kier molecular flexibility index (Phi) is 3.56. The summed E-state index contributed by atoms with van der Waals surface area (Å²) in [7, 11) is 1.54. The number of ketones is 1. The highest BCUT2D eigenvalue weighted by molar-refractivity contribution is 5.82. The number of nitrogens with zero attached hydrogens (tertiary/aromatic N) is 2. The van der Waals surface area contributed by atoms with Crippen molar-refractivity contribution in [3.63, 3.8) is 0 Å². The lowest BCUT2D eigenvalue weighted by molar-refractivity contribution is -0.118. The highest BCUT2D eigenvalue weighted by atomic mass is 16.5. The molecule has 4 heteroatoms. The van der Waals surface area contributed by atoms with E-state index in [0.717, 1.165) is 0 Å². The first-order valence-electron chi connectivity index (χ1n) is 4.56. The van der Waals surface area contributed by atoms with Gasteiger partial charge in [0.15, 0.2) is 0 Å². The second-order valence-corrected chi connectivity index (χ2v) is 3.03. The van der Waals surface area contributed by atoms with Gasteiger partial charge in [-0.25, -0.2) is 4.98 Å². The zero-order chi connectivity index (χ0) is 10.6. The van der Waals surface area contributed by atoms with Gasteiger partial charge >= 0.3 is 0 Å². The van der Waals surface area contributed by atoms with Gasteiger partial charge in [-0.3, -0.25) is 4.79 Å². The summed E-state index contributed by atoms with van der Waals surface area (Å²) in [6, 6.07) is 1.66. The van der Waals surface area contributed by atoms with Crippen LogP contribution in [0.5, 0.6) is 5.88 Å². The fourth-order valence-corrected chi connectivity index (χ4v) is 1.29. The molecule has 0 radical (unpaired) electrons. The van der Waals surface area contributed by atoms with Crippen LogP contribution in [0.3, 0.4) is 0 Å². The maximum atomic E-state index is 11.3. The Bertz CT molecular complexity index is 326. The molecule has 1 rings (SSSR count). The fourth-order valence-electron chi connectivity index (χ4n) is 1.29. The first-order valence-corrected chi connectivity index (χ1v) is 4.56. The number of carbonyl (C=O) groups is 1. The van der Waals surface area contributed by atoms with Gasteiger partial charge in [-0.05, 0) is 13.3 Å². The summed E-state index contributed by atoms with van der Waals surface area (Å²) >= 11 is 0.